The van der Waals surface area contributed by atoms with E-state index in [-0.39, 0.29) is 11.7 Å². The fraction of sp³-hybridized carbons (Fsp3) is 0.846. The molecule has 0 spiro atoms. The second kappa shape index (κ2) is 4.47. The molecule has 0 aromatic carbocycles. The highest BCUT2D eigenvalue weighted by atomic mass is 16.7. The summed E-state index contributed by atoms with van der Waals surface area (Å²) in [7, 11) is 1.80. The van der Waals surface area contributed by atoms with Crippen molar-refractivity contribution in [3.63, 3.8) is 0 Å². The molecule has 0 bridgehead atoms. The van der Waals surface area contributed by atoms with Crippen molar-refractivity contribution < 1.29 is 14.2 Å². The number of ether oxygens (including phenoxy) is 3. The molecule has 1 aliphatic carbocycles. The summed E-state index contributed by atoms with van der Waals surface area (Å²) in [6, 6.07) is 0. The Labute approximate surface area is 97.8 Å². The number of hydrogen-bond acceptors (Lipinski definition) is 3. The average molecular weight is 226 g/mol. The van der Waals surface area contributed by atoms with Crippen molar-refractivity contribution in [3.05, 3.63) is 11.1 Å². The van der Waals surface area contributed by atoms with Gasteiger partial charge in [0.15, 0.2) is 6.29 Å². The molecular weight excluding hydrogens is 204 g/mol. The first-order valence-electron chi connectivity index (χ1n) is 6.00. The highest BCUT2D eigenvalue weighted by Gasteiger charge is 2.40. The summed E-state index contributed by atoms with van der Waals surface area (Å²) in [5.41, 5.74) is 3.03. The molecule has 0 N–H and O–H groups in total. The van der Waals surface area contributed by atoms with E-state index in [4.69, 9.17) is 14.2 Å². The Morgan fingerprint density at radius 1 is 1.31 bits per heavy atom. The molecule has 3 heteroatoms. The molecule has 3 nitrogen and oxygen atoms in total. The topological polar surface area (TPSA) is 27.7 Å². The van der Waals surface area contributed by atoms with Crippen LogP contribution in [0.5, 0.6) is 0 Å². The molecule has 1 heterocycles. The zero-order valence-electron chi connectivity index (χ0n) is 10.7. The zero-order chi connectivity index (χ0) is 11.8. The van der Waals surface area contributed by atoms with Gasteiger partial charge in [-0.2, -0.15) is 0 Å². The van der Waals surface area contributed by atoms with Gasteiger partial charge in [-0.1, -0.05) is 25.0 Å². The first kappa shape index (κ1) is 12.1. The van der Waals surface area contributed by atoms with Gasteiger partial charge in [0.2, 0.25) is 0 Å². The Kier molecular flexibility index (Phi) is 3.38. The molecule has 2 rings (SSSR count). The lowest BCUT2D eigenvalue weighted by Gasteiger charge is -2.27. The molecule has 0 radical (unpaired) electrons. The normalized spacial score (nSPS) is 30.4. The first-order chi connectivity index (χ1) is 7.55. The van der Waals surface area contributed by atoms with Gasteiger partial charge < -0.3 is 14.2 Å². The number of hydrogen-bond donors (Lipinski definition) is 0. The second-order valence-electron chi connectivity index (χ2n) is 5.25. The van der Waals surface area contributed by atoms with E-state index in [9.17, 15) is 0 Å². The van der Waals surface area contributed by atoms with Crippen molar-refractivity contribution in [2.45, 2.75) is 46.0 Å². The van der Waals surface area contributed by atoms with E-state index in [0.29, 0.717) is 6.10 Å². The second-order valence-corrected chi connectivity index (χ2v) is 5.25. The van der Waals surface area contributed by atoms with Gasteiger partial charge in [0.1, 0.15) is 0 Å². The standard InChI is InChI=1S/C13H22O3/c1-9-10(8-12-15-5-6-16-12)7-11(14-4)13(9,2)3/h11-12H,5-8H2,1-4H3. The summed E-state index contributed by atoms with van der Waals surface area (Å²) in [5.74, 6) is 0. The summed E-state index contributed by atoms with van der Waals surface area (Å²) in [6.45, 7) is 8.17. The molecule has 0 aromatic rings. The van der Waals surface area contributed by atoms with E-state index < -0.39 is 0 Å². The molecule has 1 unspecified atom stereocenters. The summed E-state index contributed by atoms with van der Waals surface area (Å²) in [6.07, 6.45) is 2.17. The van der Waals surface area contributed by atoms with E-state index >= 15 is 0 Å². The van der Waals surface area contributed by atoms with E-state index in [1.54, 1.807) is 7.11 Å². The van der Waals surface area contributed by atoms with Crippen LogP contribution in [0.2, 0.25) is 0 Å². The van der Waals surface area contributed by atoms with Gasteiger partial charge in [-0.25, -0.2) is 0 Å². The Hall–Kier alpha value is -0.380. The van der Waals surface area contributed by atoms with Gasteiger partial charge in [0.05, 0.1) is 19.3 Å². The van der Waals surface area contributed by atoms with Crippen LogP contribution >= 0.6 is 0 Å². The van der Waals surface area contributed by atoms with Crippen molar-refractivity contribution in [3.8, 4) is 0 Å². The number of rotatable bonds is 3. The lowest BCUT2D eigenvalue weighted by molar-refractivity contribution is -0.0410. The van der Waals surface area contributed by atoms with Crippen LogP contribution in [-0.4, -0.2) is 32.7 Å². The monoisotopic (exact) mass is 226 g/mol. The smallest absolute Gasteiger partial charge is 0.161 e. The van der Waals surface area contributed by atoms with Crippen LogP contribution in [0.4, 0.5) is 0 Å². The van der Waals surface area contributed by atoms with Crippen molar-refractivity contribution in [1.82, 2.24) is 0 Å². The van der Waals surface area contributed by atoms with Crippen LogP contribution < -0.4 is 0 Å². The molecule has 1 aliphatic heterocycles. The van der Waals surface area contributed by atoms with E-state index in [2.05, 4.69) is 20.8 Å². The quantitative estimate of drug-likeness (QED) is 0.692. The van der Waals surface area contributed by atoms with Gasteiger partial charge in [-0.3, -0.25) is 0 Å². The summed E-state index contributed by atoms with van der Waals surface area (Å²) in [5, 5.41) is 0. The van der Waals surface area contributed by atoms with Crippen molar-refractivity contribution in [1.29, 1.82) is 0 Å². The summed E-state index contributed by atoms with van der Waals surface area (Å²) >= 11 is 0. The van der Waals surface area contributed by atoms with Crippen LogP contribution in [0.3, 0.4) is 0 Å². The maximum atomic E-state index is 5.57. The third-order valence-electron chi connectivity index (χ3n) is 4.12. The zero-order valence-corrected chi connectivity index (χ0v) is 10.7. The molecule has 1 saturated heterocycles. The van der Waals surface area contributed by atoms with Gasteiger partial charge in [-0.15, -0.1) is 0 Å². The minimum atomic E-state index is -0.0312. The molecule has 1 atom stereocenters. The highest BCUT2D eigenvalue weighted by molar-refractivity contribution is 5.28. The molecule has 16 heavy (non-hydrogen) atoms. The third-order valence-corrected chi connectivity index (χ3v) is 4.12. The fourth-order valence-corrected chi connectivity index (χ4v) is 2.67. The van der Waals surface area contributed by atoms with E-state index in [1.807, 2.05) is 0 Å². The lowest BCUT2D eigenvalue weighted by Crippen LogP contribution is -2.27. The van der Waals surface area contributed by atoms with Crippen LogP contribution in [0.1, 0.15) is 33.6 Å². The number of methoxy groups -OCH3 is 1. The van der Waals surface area contributed by atoms with E-state index in [0.717, 1.165) is 26.1 Å². The Morgan fingerprint density at radius 2 is 1.94 bits per heavy atom. The SMILES string of the molecule is COC1CC(CC2OCCO2)=C(C)C1(C)C. The summed E-state index contributed by atoms with van der Waals surface area (Å²) in [4.78, 5) is 0. The van der Waals surface area contributed by atoms with Crippen molar-refractivity contribution in [2.24, 2.45) is 5.41 Å². The van der Waals surface area contributed by atoms with Crippen LogP contribution in [0.15, 0.2) is 11.1 Å². The Balaban J connectivity index is 2.06. The molecular formula is C13H22O3. The Morgan fingerprint density at radius 3 is 2.44 bits per heavy atom. The van der Waals surface area contributed by atoms with Crippen LogP contribution in [-0.2, 0) is 14.2 Å². The van der Waals surface area contributed by atoms with Gasteiger partial charge >= 0.3 is 0 Å². The van der Waals surface area contributed by atoms with Gasteiger partial charge in [0.25, 0.3) is 0 Å². The first-order valence-corrected chi connectivity index (χ1v) is 6.00. The van der Waals surface area contributed by atoms with Gasteiger partial charge in [-0.05, 0) is 13.3 Å². The maximum Gasteiger partial charge on any atom is 0.161 e. The van der Waals surface area contributed by atoms with Crippen LogP contribution in [0.25, 0.3) is 0 Å². The predicted octanol–water partition coefficient (Wildman–Crippen LogP) is 2.51. The molecule has 0 aromatic heterocycles. The lowest BCUT2D eigenvalue weighted by atomic mass is 9.84. The van der Waals surface area contributed by atoms with Crippen molar-refractivity contribution in [2.75, 3.05) is 20.3 Å². The van der Waals surface area contributed by atoms with Gasteiger partial charge in [0, 0.05) is 18.9 Å². The highest BCUT2D eigenvalue weighted by Crippen LogP contribution is 2.45. The third kappa shape index (κ3) is 2.04. The van der Waals surface area contributed by atoms with E-state index in [1.165, 1.54) is 11.1 Å². The predicted molar refractivity (Wildman–Crippen MR) is 62.2 cm³/mol. The molecule has 1 fully saturated rings. The fourth-order valence-electron chi connectivity index (χ4n) is 2.67. The molecule has 0 amide bonds. The average Bonchev–Trinajstić information content (AvgIpc) is 2.81. The van der Waals surface area contributed by atoms with Crippen LogP contribution in [0, 0.1) is 5.41 Å². The minimum absolute atomic E-state index is 0.0312. The Bertz CT molecular complexity index is 288. The molecule has 0 saturated carbocycles. The molecule has 2 aliphatic rings. The molecule has 92 valence electrons. The largest absolute Gasteiger partial charge is 0.380 e. The minimum Gasteiger partial charge on any atom is -0.380 e. The summed E-state index contributed by atoms with van der Waals surface area (Å²) < 4.78 is 16.6. The van der Waals surface area contributed by atoms with Crippen molar-refractivity contribution >= 4 is 0 Å². The maximum absolute atomic E-state index is 5.57.